The van der Waals surface area contributed by atoms with Crippen molar-refractivity contribution in [2.75, 3.05) is 6.61 Å². The molecule has 1 aromatic rings. The van der Waals surface area contributed by atoms with Crippen LogP contribution in [0.5, 0.6) is 5.75 Å². The molecule has 116 valence electrons. The summed E-state index contributed by atoms with van der Waals surface area (Å²) in [5.41, 5.74) is 2.86. The Kier molecular flexibility index (Phi) is 5.34. The fourth-order valence-electron chi connectivity index (χ4n) is 2.20. The predicted octanol–water partition coefficient (Wildman–Crippen LogP) is 4.53. The molecule has 0 aliphatic carbocycles. The van der Waals surface area contributed by atoms with Crippen LogP contribution in [-0.2, 0) is 22.0 Å². The number of hydrogen-bond donors (Lipinski definition) is 1. The Bertz CT molecular complexity index is 511. The summed E-state index contributed by atoms with van der Waals surface area (Å²) < 4.78 is 5.06. The van der Waals surface area contributed by atoms with Crippen molar-refractivity contribution in [2.45, 2.75) is 65.7 Å². The molecule has 0 aliphatic heterocycles. The summed E-state index contributed by atoms with van der Waals surface area (Å²) in [5.74, 6) is 3.44. The molecular weight excluding hydrogens is 260 g/mol. The van der Waals surface area contributed by atoms with Gasteiger partial charge in [-0.15, -0.1) is 0 Å². The van der Waals surface area contributed by atoms with Crippen molar-refractivity contribution >= 4 is 0 Å². The van der Waals surface area contributed by atoms with Crippen molar-refractivity contribution in [1.82, 2.24) is 0 Å². The van der Waals surface area contributed by atoms with E-state index in [0.717, 1.165) is 16.7 Å². The fraction of sp³-hybridized carbons (Fsp3) is 0.579. The van der Waals surface area contributed by atoms with E-state index in [4.69, 9.17) is 4.74 Å². The maximum absolute atomic E-state index is 10.6. The minimum Gasteiger partial charge on any atom is -0.507 e. The zero-order valence-corrected chi connectivity index (χ0v) is 14.4. The van der Waals surface area contributed by atoms with Gasteiger partial charge in [-0.2, -0.15) is 0 Å². The maximum atomic E-state index is 10.6. The van der Waals surface area contributed by atoms with E-state index >= 15 is 0 Å². The first-order valence-electron chi connectivity index (χ1n) is 7.54. The van der Waals surface area contributed by atoms with Crippen LogP contribution in [0.2, 0.25) is 0 Å². The van der Waals surface area contributed by atoms with Crippen molar-refractivity contribution in [3.05, 3.63) is 28.8 Å². The van der Waals surface area contributed by atoms with Crippen LogP contribution in [0.4, 0.5) is 0 Å². The summed E-state index contributed by atoms with van der Waals surface area (Å²) in [7, 11) is 0. The van der Waals surface area contributed by atoms with Gasteiger partial charge in [0.2, 0.25) is 0 Å². The average Bonchev–Trinajstić information content (AvgIpc) is 2.33. The fourth-order valence-corrected chi connectivity index (χ4v) is 2.20. The molecule has 2 nitrogen and oxygen atoms in total. The minimum absolute atomic E-state index is 0.104. The molecule has 0 saturated heterocycles. The van der Waals surface area contributed by atoms with Gasteiger partial charge in [0.1, 0.15) is 11.9 Å². The van der Waals surface area contributed by atoms with Gasteiger partial charge < -0.3 is 9.84 Å². The molecule has 1 rings (SSSR count). The molecule has 21 heavy (non-hydrogen) atoms. The van der Waals surface area contributed by atoms with Crippen LogP contribution >= 0.6 is 0 Å². The first-order chi connectivity index (χ1) is 9.57. The van der Waals surface area contributed by atoms with Crippen molar-refractivity contribution < 1.29 is 9.84 Å². The van der Waals surface area contributed by atoms with Crippen molar-refractivity contribution in [3.63, 3.8) is 0 Å². The third-order valence-corrected chi connectivity index (χ3v) is 3.37. The SMILES string of the molecule is CCOC#CCc1cc(C(C)(C)C)c(O)c(C(C)(C)C)c1. The molecule has 0 fully saturated rings. The van der Waals surface area contributed by atoms with E-state index in [0.29, 0.717) is 18.8 Å². The lowest BCUT2D eigenvalue weighted by molar-refractivity contribution is 0.299. The summed E-state index contributed by atoms with van der Waals surface area (Å²) >= 11 is 0. The normalized spacial score (nSPS) is 11.8. The Hall–Kier alpha value is -1.62. The highest BCUT2D eigenvalue weighted by molar-refractivity contribution is 5.50. The Morgan fingerprint density at radius 1 is 1.00 bits per heavy atom. The molecule has 0 amide bonds. The molecule has 0 saturated carbocycles. The Morgan fingerprint density at radius 2 is 1.48 bits per heavy atom. The predicted molar refractivity (Wildman–Crippen MR) is 88.6 cm³/mol. The molecule has 0 unspecified atom stereocenters. The smallest absolute Gasteiger partial charge is 0.123 e. The van der Waals surface area contributed by atoms with Crippen LogP contribution in [0.3, 0.4) is 0 Å². The molecule has 0 aliphatic rings. The third kappa shape index (κ3) is 4.70. The van der Waals surface area contributed by atoms with Gasteiger partial charge in [0.05, 0.1) is 6.61 Å². The molecule has 0 radical (unpaired) electrons. The molecule has 0 bridgehead atoms. The molecule has 0 spiro atoms. The molecule has 1 aromatic carbocycles. The van der Waals surface area contributed by atoms with Gasteiger partial charge in [-0.3, -0.25) is 0 Å². The van der Waals surface area contributed by atoms with Gasteiger partial charge >= 0.3 is 0 Å². The van der Waals surface area contributed by atoms with Crippen molar-refractivity contribution in [2.24, 2.45) is 0 Å². The number of benzene rings is 1. The van der Waals surface area contributed by atoms with Crippen molar-refractivity contribution in [3.8, 4) is 17.8 Å². The van der Waals surface area contributed by atoms with Gasteiger partial charge in [0.15, 0.2) is 0 Å². The largest absolute Gasteiger partial charge is 0.507 e. The maximum Gasteiger partial charge on any atom is 0.123 e. The quantitative estimate of drug-likeness (QED) is 0.810. The highest BCUT2D eigenvalue weighted by Gasteiger charge is 2.26. The number of aromatic hydroxyl groups is 1. The lowest BCUT2D eigenvalue weighted by atomic mass is 9.78. The van der Waals surface area contributed by atoms with Gasteiger partial charge in [0.25, 0.3) is 0 Å². The second kappa shape index (κ2) is 6.43. The van der Waals surface area contributed by atoms with Crippen LogP contribution in [-0.4, -0.2) is 11.7 Å². The first-order valence-corrected chi connectivity index (χ1v) is 7.54. The number of phenolic OH excluding ortho intramolecular Hbond substituents is 1. The molecule has 0 aromatic heterocycles. The lowest BCUT2D eigenvalue weighted by Crippen LogP contribution is -2.17. The van der Waals surface area contributed by atoms with Gasteiger partial charge in [-0.25, -0.2) is 0 Å². The molecule has 1 N–H and O–H groups in total. The van der Waals surface area contributed by atoms with Crippen LogP contribution in [0, 0.1) is 12.0 Å². The monoisotopic (exact) mass is 288 g/mol. The van der Waals surface area contributed by atoms with E-state index in [2.05, 4.69) is 65.7 Å². The topological polar surface area (TPSA) is 29.5 Å². The average molecular weight is 288 g/mol. The molecule has 0 heterocycles. The highest BCUT2D eigenvalue weighted by Crippen LogP contribution is 2.39. The zero-order chi connectivity index (χ0) is 16.3. The Morgan fingerprint density at radius 3 is 1.86 bits per heavy atom. The standard InChI is InChI=1S/C19H28O2/c1-8-21-11-9-10-14-12-15(18(2,3)4)17(20)16(13-14)19(5,6)7/h12-13,20H,8,10H2,1-7H3. The van der Waals surface area contributed by atoms with Gasteiger partial charge in [0, 0.05) is 6.42 Å². The first kappa shape index (κ1) is 17.4. The Labute approximate surface area is 129 Å². The zero-order valence-electron chi connectivity index (χ0n) is 14.4. The summed E-state index contributed by atoms with van der Waals surface area (Å²) in [4.78, 5) is 0. The summed E-state index contributed by atoms with van der Waals surface area (Å²) in [5, 5.41) is 10.6. The number of ether oxygens (including phenoxy) is 1. The van der Waals surface area contributed by atoms with E-state index in [1.54, 1.807) is 0 Å². The van der Waals surface area contributed by atoms with E-state index in [1.165, 1.54) is 0 Å². The second-order valence-electron chi connectivity index (χ2n) is 7.43. The van der Waals surface area contributed by atoms with Crippen LogP contribution in [0.15, 0.2) is 12.1 Å². The minimum atomic E-state index is -0.104. The van der Waals surface area contributed by atoms with E-state index < -0.39 is 0 Å². The van der Waals surface area contributed by atoms with Crippen LogP contribution < -0.4 is 0 Å². The molecule has 2 heteroatoms. The van der Waals surface area contributed by atoms with Crippen LogP contribution in [0.1, 0.15) is 65.2 Å². The molecular formula is C19H28O2. The summed E-state index contributed by atoms with van der Waals surface area (Å²) in [6.07, 6.45) is 3.33. The third-order valence-electron chi connectivity index (χ3n) is 3.37. The van der Waals surface area contributed by atoms with Crippen molar-refractivity contribution in [1.29, 1.82) is 0 Å². The number of hydrogen-bond acceptors (Lipinski definition) is 2. The highest BCUT2D eigenvalue weighted by atomic mass is 16.5. The summed E-state index contributed by atoms with van der Waals surface area (Å²) in [6, 6.07) is 4.12. The molecule has 0 atom stereocenters. The van der Waals surface area contributed by atoms with E-state index in [9.17, 15) is 5.11 Å². The summed E-state index contributed by atoms with van der Waals surface area (Å²) in [6.45, 7) is 15.2. The van der Waals surface area contributed by atoms with Gasteiger partial charge in [-0.05, 0) is 34.4 Å². The Balaban J connectivity index is 3.32. The van der Waals surface area contributed by atoms with E-state index in [-0.39, 0.29) is 10.8 Å². The van der Waals surface area contributed by atoms with E-state index in [1.807, 2.05) is 6.92 Å². The van der Waals surface area contributed by atoms with Gasteiger partial charge in [-0.1, -0.05) is 59.6 Å². The number of phenols is 1. The number of rotatable bonds is 2. The second-order valence-corrected chi connectivity index (χ2v) is 7.43. The van der Waals surface area contributed by atoms with Crippen LogP contribution in [0.25, 0.3) is 0 Å². The lowest BCUT2D eigenvalue weighted by Gasteiger charge is -2.28.